The van der Waals surface area contributed by atoms with Gasteiger partial charge in [0, 0.05) is 34.3 Å². The normalized spacial score (nSPS) is 20.4. The van der Waals surface area contributed by atoms with E-state index in [0.717, 1.165) is 36.8 Å². The van der Waals surface area contributed by atoms with Crippen LogP contribution in [0.25, 0.3) is 10.9 Å². The molecule has 0 spiro atoms. The standard InChI is InChI=1S/C24H24ClFN2O/c1-15(24(29)28-20-9-6-18(25)7-10-20)16-2-4-17(5-3-16)21-12-13-27-23-14-19(26)8-11-22(21)23/h6-17H,2-5H2,1H3,(H,28,29)/t15-,16-,17+/m1/s1. The van der Waals surface area contributed by atoms with Gasteiger partial charge in [0.05, 0.1) is 5.52 Å². The maximum absolute atomic E-state index is 13.5. The summed E-state index contributed by atoms with van der Waals surface area (Å²) in [5.74, 6) is 0.541. The lowest BCUT2D eigenvalue weighted by atomic mass is 9.73. The first kappa shape index (κ1) is 19.8. The van der Waals surface area contributed by atoms with Crippen LogP contribution in [0.15, 0.2) is 54.7 Å². The smallest absolute Gasteiger partial charge is 0.227 e. The van der Waals surface area contributed by atoms with Gasteiger partial charge in [-0.3, -0.25) is 9.78 Å². The molecule has 3 nitrogen and oxygen atoms in total. The van der Waals surface area contributed by atoms with Crippen molar-refractivity contribution in [3.05, 3.63) is 71.1 Å². The maximum atomic E-state index is 13.5. The van der Waals surface area contributed by atoms with Crippen LogP contribution in [0, 0.1) is 17.7 Å². The van der Waals surface area contributed by atoms with E-state index in [1.807, 2.05) is 25.1 Å². The van der Waals surface area contributed by atoms with Gasteiger partial charge in [-0.15, -0.1) is 0 Å². The number of anilines is 1. The number of fused-ring (bicyclic) bond motifs is 1. The fraction of sp³-hybridized carbons (Fsp3) is 0.333. The average molecular weight is 411 g/mol. The lowest BCUT2D eigenvalue weighted by molar-refractivity contribution is -0.121. The molecule has 5 heteroatoms. The van der Waals surface area contributed by atoms with Crippen molar-refractivity contribution in [3.63, 3.8) is 0 Å². The molecule has 29 heavy (non-hydrogen) atoms. The molecule has 0 radical (unpaired) electrons. The molecule has 1 aliphatic carbocycles. The molecule has 1 atom stereocenters. The first-order valence-electron chi connectivity index (χ1n) is 10.1. The summed E-state index contributed by atoms with van der Waals surface area (Å²) in [4.78, 5) is 17.0. The number of rotatable bonds is 4. The quantitative estimate of drug-likeness (QED) is 0.528. The summed E-state index contributed by atoms with van der Waals surface area (Å²) in [6, 6.07) is 14.1. The van der Waals surface area contributed by atoms with Crippen LogP contribution in [0.5, 0.6) is 0 Å². The van der Waals surface area contributed by atoms with Crippen molar-refractivity contribution in [2.24, 2.45) is 11.8 Å². The zero-order valence-electron chi connectivity index (χ0n) is 16.4. The molecule has 1 saturated carbocycles. The Hall–Kier alpha value is -2.46. The van der Waals surface area contributed by atoms with Crippen molar-refractivity contribution in [2.45, 2.75) is 38.5 Å². The molecule has 1 heterocycles. The van der Waals surface area contributed by atoms with Gasteiger partial charge < -0.3 is 5.32 Å². The van der Waals surface area contributed by atoms with Crippen molar-refractivity contribution in [1.82, 2.24) is 4.98 Å². The van der Waals surface area contributed by atoms with Gasteiger partial charge in [-0.1, -0.05) is 18.5 Å². The second-order valence-corrected chi connectivity index (χ2v) is 8.39. The van der Waals surface area contributed by atoms with Gasteiger partial charge in [0.2, 0.25) is 5.91 Å². The number of aromatic nitrogens is 1. The lowest BCUT2D eigenvalue weighted by Gasteiger charge is -2.32. The van der Waals surface area contributed by atoms with Crippen LogP contribution >= 0.6 is 11.6 Å². The van der Waals surface area contributed by atoms with E-state index in [9.17, 15) is 9.18 Å². The van der Waals surface area contributed by atoms with Crippen LogP contribution in [0.4, 0.5) is 10.1 Å². The number of amides is 1. The van der Waals surface area contributed by atoms with Crippen LogP contribution < -0.4 is 5.32 Å². The van der Waals surface area contributed by atoms with E-state index < -0.39 is 0 Å². The molecule has 3 aromatic rings. The van der Waals surface area contributed by atoms with Gasteiger partial charge in [0.15, 0.2) is 0 Å². The third kappa shape index (κ3) is 4.43. The van der Waals surface area contributed by atoms with E-state index in [-0.39, 0.29) is 17.6 Å². The molecule has 1 N–H and O–H groups in total. The highest BCUT2D eigenvalue weighted by atomic mass is 35.5. The summed E-state index contributed by atoms with van der Waals surface area (Å²) >= 11 is 5.91. The molecular formula is C24H24ClFN2O. The van der Waals surface area contributed by atoms with Crippen molar-refractivity contribution < 1.29 is 9.18 Å². The van der Waals surface area contributed by atoms with E-state index in [0.29, 0.717) is 22.4 Å². The molecule has 0 unspecified atom stereocenters. The van der Waals surface area contributed by atoms with Crippen LogP contribution in [0.3, 0.4) is 0 Å². The Bertz CT molecular complexity index is 1010. The molecule has 2 aromatic carbocycles. The summed E-state index contributed by atoms with van der Waals surface area (Å²) in [6.45, 7) is 2.01. The Morgan fingerprint density at radius 2 is 1.83 bits per heavy atom. The highest BCUT2D eigenvalue weighted by Gasteiger charge is 2.30. The van der Waals surface area contributed by atoms with Crippen molar-refractivity contribution >= 4 is 34.1 Å². The molecular weight excluding hydrogens is 387 g/mol. The lowest BCUT2D eigenvalue weighted by Crippen LogP contribution is -2.29. The first-order valence-corrected chi connectivity index (χ1v) is 10.5. The van der Waals surface area contributed by atoms with E-state index in [1.165, 1.54) is 17.7 Å². The highest BCUT2D eigenvalue weighted by Crippen LogP contribution is 2.40. The van der Waals surface area contributed by atoms with Gasteiger partial charge in [-0.25, -0.2) is 4.39 Å². The summed E-state index contributed by atoms with van der Waals surface area (Å²) in [5.41, 5.74) is 2.72. The maximum Gasteiger partial charge on any atom is 0.227 e. The third-order valence-corrected chi connectivity index (χ3v) is 6.43. The molecule has 1 fully saturated rings. The van der Waals surface area contributed by atoms with Crippen LogP contribution in [-0.4, -0.2) is 10.9 Å². The van der Waals surface area contributed by atoms with Gasteiger partial charge in [0.25, 0.3) is 0 Å². The number of nitrogens with zero attached hydrogens (tertiary/aromatic N) is 1. The minimum atomic E-state index is -0.258. The van der Waals surface area contributed by atoms with Crippen LogP contribution in [0.2, 0.25) is 5.02 Å². The number of hydrogen-bond acceptors (Lipinski definition) is 2. The monoisotopic (exact) mass is 410 g/mol. The molecule has 1 aromatic heterocycles. The SMILES string of the molecule is C[C@@H](C(=O)Nc1ccc(Cl)cc1)[C@H]1CC[C@@H](c2ccnc3cc(F)ccc32)CC1. The van der Waals surface area contributed by atoms with E-state index in [4.69, 9.17) is 11.6 Å². The number of benzene rings is 2. The molecule has 150 valence electrons. The second-order valence-electron chi connectivity index (χ2n) is 7.96. The highest BCUT2D eigenvalue weighted by molar-refractivity contribution is 6.30. The number of hydrogen-bond donors (Lipinski definition) is 1. The predicted octanol–water partition coefficient (Wildman–Crippen LogP) is 6.58. The molecule has 0 aliphatic heterocycles. The largest absolute Gasteiger partial charge is 0.326 e. The Morgan fingerprint density at radius 3 is 2.55 bits per heavy atom. The Labute approximate surface area is 175 Å². The summed E-state index contributed by atoms with van der Waals surface area (Å²) in [7, 11) is 0. The van der Waals surface area contributed by atoms with Gasteiger partial charge in [-0.05, 0) is 85.5 Å². The summed E-state index contributed by atoms with van der Waals surface area (Å²) < 4.78 is 13.5. The fourth-order valence-corrected chi connectivity index (χ4v) is 4.56. The molecule has 1 amide bonds. The second kappa shape index (κ2) is 8.50. The van der Waals surface area contributed by atoms with Crippen molar-refractivity contribution in [2.75, 3.05) is 5.32 Å². The van der Waals surface area contributed by atoms with Gasteiger partial charge in [-0.2, -0.15) is 0 Å². The average Bonchev–Trinajstić information content (AvgIpc) is 2.74. The van der Waals surface area contributed by atoms with Gasteiger partial charge >= 0.3 is 0 Å². The topological polar surface area (TPSA) is 42.0 Å². The Kier molecular flexibility index (Phi) is 5.81. The minimum absolute atomic E-state index is 0.0464. The fourth-order valence-electron chi connectivity index (χ4n) is 4.43. The van der Waals surface area contributed by atoms with E-state index in [1.54, 1.807) is 18.3 Å². The first-order chi connectivity index (χ1) is 14.0. The number of halogens is 2. The number of carbonyl (C=O) groups excluding carboxylic acids is 1. The summed E-state index contributed by atoms with van der Waals surface area (Å²) in [6.07, 6.45) is 5.83. The van der Waals surface area contributed by atoms with Gasteiger partial charge in [0.1, 0.15) is 5.82 Å². The van der Waals surface area contributed by atoms with Crippen molar-refractivity contribution in [3.8, 4) is 0 Å². The summed E-state index contributed by atoms with van der Waals surface area (Å²) in [5, 5.41) is 4.68. The number of nitrogens with one attached hydrogen (secondary N) is 1. The van der Waals surface area contributed by atoms with Crippen LogP contribution in [0.1, 0.15) is 44.1 Å². The molecule has 0 saturated heterocycles. The number of pyridine rings is 1. The Balaban J connectivity index is 1.40. The third-order valence-electron chi connectivity index (χ3n) is 6.18. The Morgan fingerprint density at radius 1 is 1.10 bits per heavy atom. The zero-order chi connectivity index (χ0) is 20.4. The molecule has 1 aliphatic rings. The minimum Gasteiger partial charge on any atom is -0.326 e. The van der Waals surface area contributed by atoms with Crippen molar-refractivity contribution in [1.29, 1.82) is 0 Å². The van der Waals surface area contributed by atoms with E-state index in [2.05, 4.69) is 16.4 Å². The molecule has 4 rings (SSSR count). The molecule has 0 bridgehead atoms. The number of carbonyl (C=O) groups is 1. The zero-order valence-corrected chi connectivity index (χ0v) is 17.1. The van der Waals surface area contributed by atoms with Crippen LogP contribution in [-0.2, 0) is 4.79 Å². The predicted molar refractivity (Wildman–Crippen MR) is 116 cm³/mol. The van der Waals surface area contributed by atoms with E-state index >= 15 is 0 Å².